The molecule has 0 radical (unpaired) electrons. The highest BCUT2D eigenvalue weighted by molar-refractivity contribution is 5.27. The van der Waals surface area contributed by atoms with Gasteiger partial charge in [0, 0.05) is 26.2 Å². The maximum absolute atomic E-state index is 11.8. The third-order valence-electron chi connectivity index (χ3n) is 2.17. The number of hydrogen-bond acceptors (Lipinski definition) is 2. The minimum atomic E-state index is -4.04. The fourth-order valence-corrected chi connectivity index (χ4v) is 1.43. The third-order valence-corrected chi connectivity index (χ3v) is 2.17. The summed E-state index contributed by atoms with van der Waals surface area (Å²) in [5.74, 6) is 0.699. The van der Waals surface area contributed by atoms with Crippen molar-refractivity contribution in [2.24, 2.45) is 7.05 Å². The molecular formula is C10H16F3N3. The molecule has 6 heteroatoms. The van der Waals surface area contributed by atoms with Gasteiger partial charge in [-0.25, -0.2) is 4.98 Å². The van der Waals surface area contributed by atoms with Crippen LogP contribution in [0.15, 0.2) is 6.20 Å². The lowest BCUT2D eigenvalue weighted by molar-refractivity contribution is -0.135. The number of alkyl halides is 3. The summed E-state index contributed by atoms with van der Waals surface area (Å²) in [7, 11) is 1.85. The van der Waals surface area contributed by atoms with Crippen molar-refractivity contribution >= 4 is 5.95 Å². The molecular weight excluding hydrogens is 219 g/mol. The van der Waals surface area contributed by atoms with Crippen molar-refractivity contribution < 1.29 is 13.2 Å². The van der Waals surface area contributed by atoms with E-state index in [0.29, 0.717) is 18.9 Å². The second-order valence-electron chi connectivity index (χ2n) is 3.82. The van der Waals surface area contributed by atoms with Gasteiger partial charge in [0.2, 0.25) is 5.95 Å². The highest BCUT2D eigenvalue weighted by atomic mass is 19.4. The van der Waals surface area contributed by atoms with E-state index >= 15 is 0 Å². The molecule has 0 amide bonds. The van der Waals surface area contributed by atoms with E-state index in [-0.39, 0.29) is 6.42 Å². The first-order chi connectivity index (χ1) is 7.38. The van der Waals surface area contributed by atoms with Gasteiger partial charge in [-0.1, -0.05) is 0 Å². The smallest absolute Gasteiger partial charge is 0.356 e. The number of imidazole rings is 1. The lowest BCUT2D eigenvalue weighted by atomic mass is 10.2. The van der Waals surface area contributed by atoms with Crippen LogP contribution in [0, 0.1) is 6.92 Å². The number of halogens is 3. The standard InChI is InChI=1S/C10H16F3N3/c1-8-7-16(2)9(15-8)14-6-4-3-5-10(11,12)13/h7H,3-6H2,1-2H3,(H,14,15). The van der Waals surface area contributed by atoms with Gasteiger partial charge in [0.1, 0.15) is 0 Å². The molecule has 0 aromatic carbocycles. The number of aromatic nitrogens is 2. The van der Waals surface area contributed by atoms with Gasteiger partial charge in [0.15, 0.2) is 0 Å². The van der Waals surface area contributed by atoms with E-state index in [1.54, 1.807) is 0 Å². The molecule has 1 aromatic heterocycles. The minimum absolute atomic E-state index is 0.153. The molecule has 0 aliphatic heterocycles. The SMILES string of the molecule is Cc1cn(C)c(NCCCCC(F)(F)F)n1. The summed E-state index contributed by atoms with van der Waals surface area (Å²) < 4.78 is 37.3. The number of nitrogens with zero attached hydrogens (tertiary/aromatic N) is 2. The Hall–Kier alpha value is -1.20. The van der Waals surface area contributed by atoms with Crippen molar-refractivity contribution in [1.29, 1.82) is 0 Å². The summed E-state index contributed by atoms with van der Waals surface area (Å²) in [6.45, 7) is 2.38. The average molecular weight is 235 g/mol. The molecule has 0 aliphatic rings. The van der Waals surface area contributed by atoms with Crippen LogP contribution in [0.4, 0.5) is 19.1 Å². The van der Waals surface area contributed by atoms with Crippen molar-refractivity contribution in [3.63, 3.8) is 0 Å². The Kier molecular flexibility index (Phi) is 4.20. The molecule has 92 valence electrons. The Morgan fingerprint density at radius 2 is 2.06 bits per heavy atom. The lowest BCUT2D eigenvalue weighted by Gasteiger charge is -2.07. The van der Waals surface area contributed by atoms with Gasteiger partial charge in [-0.2, -0.15) is 13.2 Å². The van der Waals surface area contributed by atoms with Crippen LogP contribution in [0.2, 0.25) is 0 Å². The maximum atomic E-state index is 11.8. The summed E-state index contributed by atoms with van der Waals surface area (Å²) in [6.07, 6.45) is -2.25. The summed E-state index contributed by atoms with van der Waals surface area (Å²) in [6, 6.07) is 0. The van der Waals surface area contributed by atoms with Crippen molar-refractivity contribution in [1.82, 2.24) is 9.55 Å². The molecule has 0 atom stereocenters. The molecule has 0 spiro atoms. The van der Waals surface area contributed by atoms with Crippen LogP contribution in [0.25, 0.3) is 0 Å². The monoisotopic (exact) mass is 235 g/mol. The predicted octanol–water partition coefficient (Wildman–Crippen LogP) is 2.87. The Bertz CT molecular complexity index is 331. The second-order valence-corrected chi connectivity index (χ2v) is 3.82. The molecule has 1 aromatic rings. The van der Waals surface area contributed by atoms with Gasteiger partial charge in [-0.15, -0.1) is 0 Å². The molecule has 1 heterocycles. The molecule has 1 rings (SSSR count). The second kappa shape index (κ2) is 5.23. The van der Waals surface area contributed by atoms with Crippen molar-refractivity contribution in [3.05, 3.63) is 11.9 Å². The van der Waals surface area contributed by atoms with E-state index < -0.39 is 12.6 Å². The van der Waals surface area contributed by atoms with Crippen molar-refractivity contribution in [2.45, 2.75) is 32.4 Å². The predicted molar refractivity (Wildman–Crippen MR) is 56.3 cm³/mol. The van der Waals surface area contributed by atoms with E-state index in [9.17, 15) is 13.2 Å². The fraction of sp³-hybridized carbons (Fsp3) is 0.700. The zero-order valence-corrected chi connectivity index (χ0v) is 9.43. The van der Waals surface area contributed by atoms with E-state index in [1.807, 2.05) is 24.7 Å². The number of rotatable bonds is 5. The van der Waals surface area contributed by atoms with Gasteiger partial charge in [-0.05, 0) is 19.8 Å². The average Bonchev–Trinajstić information content (AvgIpc) is 2.42. The van der Waals surface area contributed by atoms with E-state index in [1.165, 1.54) is 0 Å². The highest BCUT2D eigenvalue weighted by Gasteiger charge is 2.25. The Morgan fingerprint density at radius 3 is 2.56 bits per heavy atom. The Labute approximate surface area is 92.7 Å². The van der Waals surface area contributed by atoms with Crippen LogP contribution in [-0.2, 0) is 7.05 Å². The van der Waals surface area contributed by atoms with Crippen LogP contribution in [0.5, 0.6) is 0 Å². The first-order valence-corrected chi connectivity index (χ1v) is 5.19. The van der Waals surface area contributed by atoms with Gasteiger partial charge in [0.25, 0.3) is 0 Å². The zero-order valence-electron chi connectivity index (χ0n) is 9.43. The molecule has 1 N–H and O–H groups in total. The van der Waals surface area contributed by atoms with Crippen LogP contribution >= 0.6 is 0 Å². The number of hydrogen-bond donors (Lipinski definition) is 1. The molecule has 0 saturated carbocycles. The molecule has 0 fully saturated rings. The number of aryl methyl sites for hydroxylation is 2. The van der Waals surface area contributed by atoms with Crippen molar-refractivity contribution in [2.75, 3.05) is 11.9 Å². The van der Waals surface area contributed by atoms with Crippen LogP contribution in [-0.4, -0.2) is 22.3 Å². The lowest BCUT2D eigenvalue weighted by Crippen LogP contribution is -2.10. The summed E-state index contributed by atoms with van der Waals surface area (Å²) in [5, 5.41) is 3.00. The first kappa shape index (κ1) is 12.9. The molecule has 0 aliphatic carbocycles. The van der Waals surface area contributed by atoms with Crippen molar-refractivity contribution in [3.8, 4) is 0 Å². The molecule has 16 heavy (non-hydrogen) atoms. The Balaban J connectivity index is 2.19. The summed E-state index contributed by atoms with van der Waals surface area (Å²) in [4.78, 5) is 4.19. The molecule has 0 unspecified atom stereocenters. The summed E-state index contributed by atoms with van der Waals surface area (Å²) >= 11 is 0. The van der Waals surface area contributed by atoms with Crippen LogP contribution in [0.1, 0.15) is 25.0 Å². The molecule has 0 saturated heterocycles. The molecule has 0 bridgehead atoms. The van der Waals surface area contributed by atoms with E-state index in [0.717, 1.165) is 5.69 Å². The van der Waals surface area contributed by atoms with Gasteiger partial charge in [0.05, 0.1) is 5.69 Å². The summed E-state index contributed by atoms with van der Waals surface area (Å²) in [5.41, 5.74) is 0.889. The van der Waals surface area contributed by atoms with Crippen LogP contribution < -0.4 is 5.32 Å². The molecule has 3 nitrogen and oxygen atoms in total. The maximum Gasteiger partial charge on any atom is 0.389 e. The van der Waals surface area contributed by atoms with E-state index in [2.05, 4.69) is 10.3 Å². The van der Waals surface area contributed by atoms with Gasteiger partial charge < -0.3 is 9.88 Å². The van der Waals surface area contributed by atoms with E-state index in [4.69, 9.17) is 0 Å². The topological polar surface area (TPSA) is 29.9 Å². The Morgan fingerprint density at radius 1 is 1.38 bits per heavy atom. The normalized spacial score (nSPS) is 11.8. The fourth-order valence-electron chi connectivity index (χ4n) is 1.43. The third kappa shape index (κ3) is 4.55. The minimum Gasteiger partial charge on any atom is -0.356 e. The van der Waals surface area contributed by atoms with Crippen LogP contribution in [0.3, 0.4) is 0 Å². The van der Waals surface area contributed by atoms with Gasteiger partial charge in [-0.3, -0.25) is 0 Å². The number of unbranched alkanes of at least 4 members (excludes halogenated alkanes) is 1. The first-order valence-electron chi connectivity index (χ1n) is 5.19. The quantitative estimate of drug-likeness (QED) is 0.795. The largest absolute Gasteiger partial charge is 0.389 e. The highest BCUT2D eigenvalue weighted by Crippen LogP contribution is 2.22. The van der Waals surface area contributed by atoms with Gasteiger partial charge >= 0.3 is 6.18 Å². The zero-order chi connectivity index (χ0) is 12.2. The number of anilines is 1. The number of nitrogens with one attached hydrogen (secondary N) is 1.